The first-order valence-corrected chi connectivity index (χ1v) is 10.3. The molecular formula is C25H28O5. The third-order valence-electron chi connectivity index (χ3n) is 5.75. The van der Waals surface area contributed by atoms with Crippen LogP contribution in [0.2, 0.25) is 0 Å². The summed E-state index contributed by atoms with van der Waals surface area (Å²) in [6.45, 7) is 9.29. The Bertz CT molecular complexity index is 991. The van der Waals surface area contributed by atoms with E-state index in [1.54, 1.807) is 45.0 Å². The molecule has 0 N–H and O–H groups in total. The lowest BCUT2D eigenvalue weighted by Gasteiger charge is -2.40. The molecule has 0 bridgehead atoms. The van der Waals surface area contributed by atoms with Crippen LogP contribution in [0.5, 0.6) is 0 Å². The number of fused-ring (bicyclic) bond motifs is 1. The van der Waals surface area contributed by atoms with E-state index in [0.717, 1.165) is 12.8 Å². The van der Waals surface area contributed by atoms with Gasteiger partial charge in [0.05, 0.1) is 5.57 Å². The third kappa shape index (κ3) is 4.16. The molecule has 1 aliphatic heterocycles. The second kappa shape index (κ2) is 8.42. The summed E-state index contributed by atoms with van der Waals surface area (Å²) in [6.07, 6.45) is 5.02. The number of hydrogen-bond donors (Lipinski definition) is 0. The Labute approximate surface area is 177 Å². The van der Waals surface area contributed by atoms with Gasteiger partial charge in [-0.25, -0.2) is 4.79 Å². The highest BCUT2D eigenvalue weighted by Gasteiger charge is 2.47. The largest absolute Gasteiger partial charge is 0.479 e. The fraction of sp³-hybridized carbons (Fsp3) is 0.400. The van der Waals surface area contributed by atoms with Crippen molar-refractivity contribution in [3.63, 3.8) is 0 Å². The summed E-state index contributed by atoms with van der Waals surface area (Å²) in [7, 11) is 0. The Kier molecular flexibility index (Phi) is 6.11. The Morgan fingerprint density at radius 1 is 1.17 bits per heavy atom. The normalized spacial score (nSPS) is 21.0. The van der Waals surface area contributed by atoms with Crippen LogP contribution in [-0.4, -0.2) is 29.2 Å². The second-order valence-corrected chi connectivity index (χ2v) is 8.38. The molecule has 1 heterocycles. The standard InChI is InChI=1S/C25H28O5/c1-6-15(2)10-9-11-16(3)24(28)29-20-14-19-21(26)17-12-7-8-13-18(17)22(27)23(19)30-25(20,4)5/h6-8,11-13,20H,9-10,14H2,1-5H3. The minimum absolute atomic E-state index is 0.0742. The molecule has 30 heavy (non-hydrogen) atoms. The van der Waals surface area contributed by atoms with Gasteiger partial charge in [-0.05, 0) is 47.5 Å². The van der Waals surface area contributed by atoms with Crippen molar-refractivity contribution in [2.24, 2.45) is 0 Å². The van der Waals surface area contributed by atoms with E-state index < -0.39 is 17.7 Å². The van der Waals surface area contributed by atoms with Gasteiger partial charge < -0.3 is 9.47 Å². The summed E-state index contributed by atoms with van der Waals surface area (Å²) in [6, 6.07) is 6.72. The summed E-state index contributed by atoms with van der Waals surface area (Å²) in [5, 5.41) is 0. The van der Waals surface area contributed by atoms with E-state index in [4.69, 9.17) is 9.47 Å². The maximum atomic E-state index is 13.0. The predicted molar refractivity (Wildman–Crippen MR) is 114 cm³/mol. The first kappa shape index (κ1) is 21.8. The molecule has 2 aliphatic rings. The summed E-state index contributed by atoms with van der Waals surface area (Å²) < 4.78 is 11.7. The molecule has 1 aromatic carbocycles. The average molecular weight is 408 g/mol. The van der Waals surface area contributed by atoms with Gasteiger partial charge in [0.1, 0.15) is 11.7 Å². The van der Waals surface area contributed by atoms with E-state index >= 15 is 0 Å². The van der Waals surface area contributed by atoms with Gasteiger partial charge in [-0.15, -0.1) is 0 Å². The quantitative estimate of drug-likeness (QED) is 0.384. The van der Waals surface area contributed by atoms with E-state index in [-0.39, 0.29) is 29.3 Å². The van der Waals surface area contributed by atoms with Crippen LogP contribution in [0.25, 0.3) is 0 Å². The molecule has 0 saturated carbocycles. The Balaban J connectivity index is 1.79. The van der Waals surface area contributed by atoms with Crippen molar-refractivity contribution in [2.45, 2.75) is 65.6 Å². The predicted octanol–water partition coefficient (Wildman–Crippen LogP) is 5.12. The van der Waals surface area contributed by atoms with E-state index in [9.17, 15) is 14.4 Å². The maximum absolute atomic E-state index is 13.0. The molecule has 1 aromatic rings. The lowest BCUT2D eigenvalue weighted by Crippen LogP contribution is -2.48. The van der Waals surface area contributed by atoms with Crippen LogP contribution in [0.4, 0.5) is 0 Å². The summed E-state index contributed by atoms with van der Waals surface area (Å²) in [5.74, 6) is -0.904. The van der Waals surface area contributed by atoms with Gasteiger partial charge in [-0.3, -0.25) is 9.59 Å². The zero-order valence-corrected chi connectivity index (χ0v) is 18.2. The molecule has 3 rings (SSSR count). The van der Waals surface area contributed by atoms with Crippen molar-refractivity contribution in [2.75, 3.05) is 0 Å². The lowest BCUT2D eigenvalue weighted by molar-refractivity contribution is -0.161. The molecule has 0 spiro atoms. The highest BCUT2D eigenvalue weighted by molar-refractivity contribution is 6.26. The molecule has 0 amide bonds. The molecule has 0 saturated heterocycles. The van der Waals surface area contributed by atoms with Gasteiger partial charge in [0.2, 0.25) is 5.78 Å². The zero-order chi connectivity index (χ0) is 22.1. The number of ketones is 2. The molecule has 5 nitrogen and oxygen atoms in total. The van der Waals surface area contributed by atoms with Crippen molar-refractivity contribution in [3.8, 4) is 0 Å². The summed E-state index contributed by atoms with van der Waals surface area (Å²) >= 11 is 0. The van der Waals surface area contributed by atoms with Crippen molar-refractivity contribution in [1.29, 1.82) is 0 Å². The van der Waals surface area contributed by atoms with Crippen LogP contribution >= 0.6 is 0 Å². The monoisotopic (exact) mass is 408 g/mol. The molecular weight excluding hydrogens is 380 g/mol. The number of carbonyl (C=O) groups is 3. The van der Waals surface area contributed by atoms with E-state index in [0.29, 0.717) is 16.7 Å². The minimum Gasteiger partial charge on any atom is -0.479 e. The van der Waals surface area contributed by atoms with Crippen LogP contribution in [0.3, 0.4) is 0 Å². The fourth-order valence-corrected chi connectivity index (χ4v) is 3.61. The molecule has 158 valence electrons. The van der Waals surface area contributed by atoms with E-state index in [2.05, 4.69) is 13.0 Å². The van der Waals surface area contributed by atoms with Crippen LogP contribution in [-0.2, 0) is 14.3 Å². The molecule has 1 aliphatic carbocycles. The van der Waals surface area contributed by atoms with Crippen molar-refractivity contribution >= 4 is 17.5 Å². The average Bonchev–Trinajstić information content (AvgIpc) is 2.72. The first-order chi connectivity index (χ1) is 14.2. The molecule has 1 atom stereocenters. The fourth-order valence-electron chi connectivity index (χ4n) is 3.61. The SMILES string of the molecule is CC=C(C)CCC=C(C)C(=O)OC1CC2=C(OC1(C)C)C(=O)c1ccccc1C2=O. The second-order valence-electron chi connectivity index (χ2n) is 8.38. The van der Waals surface area contributed by atoms with E-state index in [1.165, 1.54) is 5.57 Å². The van der Waals surface area contributed by atoms with Crippen molar-refractivity contribution in [1.82, 2.24) is 0 Å². The van der Waals surface area contributed by atoms with Crippen molar-refractivity contribution in [3.05, 3.63) is 70.0 Å². The Morgan fingerprint density at radius 3 is 2.43 bits per heavy atom. The number of ether oxygens (including phenoxy) is 2. The zero-order valence-electron chi connectivity index (χ0n) is 18.2. The Hall–Kier alpha value is -2.95. The first-order valence-electron chi connectivity index (χ1n) is 10.3. The van der Waals surface area contributed by atoms with Gasteiger partial charge in [-0.2, -0.15) is 0 Å². The number of Topliss-reactive ketones (excluding diaryl/α,β-unsaturated/α-hetero) is 2. The number of rotatable bonds is 5. The highest BCUT2D eigenvalue weighted by Crippen LogP contribution is 2.40. The minimum atomic E-state index is -0.932. The van der Waals surface area contributed by atoms with Crippen molar-refractivity contribution < 1.29 is 23.9 Å². The number of benzene rings is 1. The molecule has 0 fully saturated rings. The Morgan fingerprint density at radius 2 is 1.80 bits per heavy atom. The van der Waals surface area contributed by atoms with Crippen LogP contribution in [0, 0.1) is 0 Å². The molecule has 0 radical (unpaired) electrons. The number of hydrogen-bond acceptors (Lipinski definition) is 5. The molecule has 5 heteroatoms. The molecule has 1 unspecified atom stereocenters. The highest BCUT2D eigenvalue weighted by atomic mass is 16.6. The maximum Gasteiger partial charge on any atom is 0.333 e. The third-order valence-corrected chi connectivity index (χ3v) is 5.75. The van der Waals surface area contributed by atoms with Gasteiger partial charge in [-0.1, -0.05) is 42.0 Å². The van der Waals surface area contributed by atoms with Gasteiger partial charge in [0.25, 0.3) is 0 Å². The van der Waals surface area contributed by atoms with Crippen LogP contribution < -0.4 is 0 Å². The smallest absolute Gasteiger partial charge is 0.333 e. The topological polar surface area (TPSA) is 69.7 Å². The van der Waals surface area contributed by atoms with Crippen LogP contribution in [0.1, 0.15) is 74.6 Å². The lowest BCUT2D eigenvalue weighted by atomic mass is 9.81. The van der Waals surface area contributed by atoms with Crippen LogP contribution in [0.15, 0.2) is 58.9 Å². The molecule has 0 aromatic heterocycles. The van der Waals surface area contributed by atoms with Gasteiger partial charge >= 0.3 is 5.97 Å². The number of carbonyl (C=O) groups excluding carboxylic acids is 3. The van der Waals surface area contributed by atoms with Gasteiger partial charge in [0, 0.05) is 23.1 Å². The summed E-state index contributed by atoms with van der Waals surface area (Å²) in [5.41, 5.74) is 1.84. The van der Waals surface area contributed by atoms with E-state index in [1.807, 2.05) is 13.0 Å². The summed E-state index contributed by atoms with van der Waals surface area (Å²) in [4.78, 5) is 38.4. The number of esters is 1. The van der Waals surface area contributed by atoms with Gasteiger partial charge in [0.15, 0.2) is 11.5 Å². The number of allylic oxidation sites excluding steroid dienone is 4.